The van der Waals surface area contributed by atoms with Gasteiger partial charge in [0.1, 0.15) is 5.75 Å². The molecule has 3 aromatic rings. The summed E-state index contributed by atoms with van der Waals surface area (Å²) in [5, 5.41) is 8.31. The lowest BCUT2D eigenvalue weighted by Gasteiger charge is -2.08. The van der Waals surface area contributed by atoms with E-state index in [9.17, 15) is 0 Å². The fourth-order valence-corrected chi connectivity index (χ4v) is 2.43. The van der Waals surface area contributed by atoms with E-state index in [1.807, 2.05) is 41.0 Å². The number of hydrogen-bond donors (Lipinski definition) is 1. The highest BCUT2D eigenvalue weighted by Crippen LogP contribution is 2.17. The maximum Gasteiger partial charge on any atom is 0.120 e. The van der Waals surface area contributed by atoms with Crippen LogP contribution in [0.5, 0.6) is 5.75 Å². The van der Waals surface area contributed by atoms with Crippen molar-refractivity contribution in [2.75, 3.05) is 13.2 Å². The van der Waals surface area contributed by atoms with E-state index < -0.39 is 0 Å². The van der Waals surface area contributed by atoms with E-state index in [-0.39, 0.29) is 0 Å². The topological polar surface area (TPSA) is 38.6 Å². The Morgan fingerprint density at radius 1 is 1.18 bits per heavy atom. The highest BCUT2D eigenvalue weighted by Gasteiger charge is 1.98. The number of benzene rings is 1. The molecule has 0 aliphatic heterocycles. The highest BCUT2D eigenvalue weighted by molar-refractivity contribution is 6.30. The normalized spacial score (nSPS) is 11.0. The van der Waals surface area contributed by atoms with Crippen LogP contribution >= 0.6 is 11.6 Å². The average Bonchev–Trinajstić information content (AvgIpc) is 2.98. The molecule has 0 radical (unpaired) electrons. The Kier molecular flexibility index (Phi) is 4.93. The summed E-state index contributed by atoms with van der Waals surface area (Å²) < 4.78 is 7.51. The first-order chi connectivity index (χ1) is 10.8. The van der Waals surface area contributed by atoms with Crippen LogP contribution in [0.1, 0.15) is 12.0 Å². The Hall–Kier alpha value is -2.04. The molecule has 2 heterocycles. The largest absolute Gasteiger partial charge is 0.493 e. The lowest BCUT2D eigenvalue weighted by molar-refractivity contribution is 0.308. The Balaban J connectivity index is 1.36. The van der Waals surface area contributed by atoms with Crippen molar-refractivity contribution in [3.63, 3.8) is 0 Å². The molecule has 22 heavy (non-hydrogen) atoms. The maximum absolute atomic E-state index is 5.91. The number of pyridine rings is 1. The molecule has 0 bridgehead atoms. The van der Waals surface area contributed by atoms with Crippen LogP contribution in [0.25, 0.3) is 5.52 Å². The Morgan fingerprint density at radius 2 is 2.14 bits per heavy atom. The zero-order valence-corrected chi connectivity index (χ0v) is 13.0. The maximum atomic E-state index is 5.91. The second kappa shape index (κ2) is 7.29. The van der Waals surface area contributed by atoms with Gasteiger partial charge in [0.05, 0.1) is 12.1 Å². The number of fused-ring (bicyclic) bond motifs is 1. The third kappa shape index (κ3) is 4.00. The summed E-state index contributed by atoms with van der Waals surface area (Å²) in [4.78, 5) is 0. The SMILES string of the molecule is Clc1cccc(OCCCNCc2ccn3nccc3c2)c1. The third-order valence-electron chi connectivity index (χ3n) is 3.36. The van der Waals surface area contributed by atoms with Crippen LogP contribution in [0.2, 0.25) is 5.02 Å². The molecular weight excluding hydrogens is 298 g/mol. The number of hydrogen-bond acceptors (Lipinski definition) is 3. The number of rotatable bonds is 7. The van der Waals surface area contributed by atoms with Crippen molar-refractivity contribution in [2.45, 2.75) is 13.0 Å². The molecule has 0 aliphatic rings. The van der Waals surface area contributed by atoms with E-state index in [0.29, 0.717) is 11.6 Å². The van der Waals surface area contributed by atoms with Gasteiger partial charge < -0.3 is 10.1 Å². The fourth-order valence-electron chi connectivity index (χ4n) is 2.25. The third-order valence-corrected chi connectivity index (χ3v) is 3.59. The number of nitrogens with one attached hydrogen (secondary N) is 1. The molecule has 0 saturated carbocycles. The lowest BCUT2D eigenvalue weighted by atomic mass is 10.2. The van der Waals surface area contributed by atoms with Gasteiger partial charge in [0.15, 0.2) is 0 Å². The van der Waals surface area contributed by atoms with Crippen LogP contribution in [0.3, 0.4) is 0 Å². The summed E-state index contributed by atoms with van der Waals surface area (Å²) >= 11 is 5.91. The van der Waals surface area contributed by atoms with E-state index in [4.69, 9.17) is 16.3 Å². The number of nitrogens with zero attached hydrogens (tertiary/aromatic N) is 2. The zero-order valence-electron chi connectivity index (χ0n) is 12.2. The monoisotopic (exact) mass is 315 g/mol. The van der Waals surface area contributed by atoms with Crippen molar-refractivity contribution in [3.8, 4) is 5.75 Å². The first-order valence-corrected chi connectivity index (χ1v) is 7.70. The van der Waals surface area contributed by atoms with Crippen molar-refractivity contribution >= 4 is 17.1 Å². The molecule has 1 N–H and O–H groups in total. The van der Waals surface area contributed by atoms with Gasteiger partial charge in [-0.2, -0.15) is 5.10 Å². The predicted molar refractivity (Wildman–Crippen MR) is 88.5 cm³/mol. The molecule has 0 fully saturated rings. The van der Waals surface area contributed by atoms with Gasteiger partial charge >= 0.3 is 0 Å². The van der Waals surface area contributed by atoms with E-state index in [2.05, 4.69) is 22.5 Å². The van der Waals surface area contributed by atoms with Crippen LogP contribution in [-0.2, 0) is 6.54 Å². The van der Waals surface area contributed by atoms with Crippen LogP contribution in [0.15, 0.2) is 54.9 Å². The molecule has 0 unspecified atom stereocenters. The smallest absolute Gasteiger partial charge is 0.120 e. The molecule has 1 aromatic carbocycles. The van der Waals surface area contributed by atoms with Crippen LogP contribution in [-0.4, -0.2) is 22.8 Å². The molecule has 0 aliphatic carbocycles. The Morgan fingerprint density at radius 3 is 3.05 bits per heavy atom. The molecular formula is C17H18ClN3O. The number of halogens is 1. The van der Waals surface area contributed by atoms with Gasteiger partial charge in [0.2, 0.25) is 0 Å². The van der Waals surface area contributed by atoms with Gasteiger partial charge in [-0.25, -0.2) is 4.52 Å². The summed E-state index contributed by atoms with van der Waals surface area (Å²) in [5.74, 6) is 0.818. The first kappa shape index (κ1) is 14.9. The minimum atomic E-state index is 0.676. The minimum absolute atomic E-state index is 0.676. The van der Waals surface area contributed by atoms with Gasteiger partial charge in [0.25, 0.3) is 0 Å². The summed E-state index contributed by atoms with van der Waals surface area (Å²) in [5.41, 5.74) is 2.37. The Labute approximate surface area is 134 Å². The second-order valence-corrected chi connectivity index (χ2v) is 5.51. The molecule has 0 amide bonds. The van der Waals surface area contributed by atoms with Crippen molar-refractivity contribution in [1.82, 2.24) is 14.9 Å². The molecule has 2 aromatic heterocycles. The van der Waals surface area contributed by atoms with Crippen LogP contribution < -0.4 is 10.1 Å². The van der Waals surface area contributed by atoms with Crippen LogP contribution in [0.4, 0.5) is 0 Å². The zero-order chi connectivity index (χ0) is 15.2. The molecule has 0 atom stereocenters. The first-order valence-electron chi connectivity index (χ1n) is 7.33. The fraction of sp³-hybridized carbons (Fsp3) is 0.235. The standard InChI is InChI=1S/C17H18ClN3O/c18-15-3-1-4-17(12-15)22-10-2-7-19-13-14-6-9-21-16(11-14)5-8-20-21/h1,3-6,8-9,11-12,19H,2,7,10,13H2. The number of ether oxygens (including phenoxy) is 1. The molecule has 0 saturated heterocycles. The second-order valence-electron chi connectivity index (χ2n) is 5.07. The quantitative estimate of drug-likeness (QED) is 0.678. The van der Waals surface area contributed by atoms with Gasteiger partial charge in [0, 0.05) is 24.0 Å². The van der Waals surface area contributed by atoms with E-state index in [1.165, 1.54) is 5.56 Å². The number of aromatic nitrogens is 2. The van der Waals surface area contributed by atoms with Gasteiger partial charge in [-0.3, -0.25) is 0 Å². The lowest BCUT2D eigenvalue weighted by Crippen LogP contribution is -2.17. The molecule has 0 spiro atoms. The van der Waals surface area contributed by atoms with Crippen molar-refractivity contribution in [2.24, 2.45) is 0 Å². The van der Waals surface area contributed by atoms with Crippen molar-refractivity contribution in [3.05, 3.63) is 65.4 Å². The van der Waals surface area contributed by atoms with Crippen molar-refractivity contribution < 1.29 is 4.74 Å². The van der Waals surface area contributed by atoms with E-state index in [1.54, 1.807) is 6.20 Å². The highest BCUT2D eigenvalue weighted by atomic mass is 35.5. The summed E-state index contributed by atoms with van der Waals surface area (Å²) in [7, 11) is 0. The average molecular weight is 316 g/mol. The summed E-state index contributed by atoms with van der Waals surface area (Å²) in [6.07, 6.45) is 4.73. The minimum Gasteiger partial charge on any atom is -0.493 e. The van der Waals surface area contributed by atoms with Crippen molar-refractivity contribution in [1.29, 1.82) is 0 Å². The molecule has 4 nitrogen and oxygen atoms in total. The van der Waals surface area contributed by atoms with Gasteiger partial charge in [-0.15, -0.1) is 0 Å². The summed E-state index contributed by atoms with van der Waals surface area (Å²) in [6, 6.07) is 13.7. The Bertz CT molecular complexity index is 741. The molecule has 3 rings (SSSR count). The molecule has 5 heteroatoms. The van der Waals surface area contributed by atoms with E-state index >= 15 is 0 Å². The van der Waals surface area contributed by atoms with Gasteiger partial charge in [-0.05, 0) is 54.9 Å². The summed E-state index contributed by atoms with van der Waals surface area (Å²) in [6.45, 7) is 2.43. The van der Waals surface area contributed by atoms with Gasteiger partial charge in [-0.1, -0.05) is 17.7 Å². The van der Waals surface area contributed by atoms with Crippen LogP contribution in [0, 0.1) is 0 Å². The molecule has 114 valence electrons. The van der Waals surface area contributed by atoms with E-state index in [0.717, 1.165) is 30.8 Å². The predicted octanol–water partition coefficient (Wildman–Crippen LogP) is 3.55.